The second-order valence-electron chi connectivity index (χ2n) is 7.52. The quantitative estimate of drug-likeness (QED) is 0.503. The molecular weight excluding hydrogens is 376 g/mol. The van der Waals surface area contributed by atoms with Gasteiger partial charge in [-0.05, 0) is 51.0 Å². The molecule has 6 heteroatoms. The fourth-order valence-corrected chi connectivity index (χ4v) is 4.30. The lowest BCUT2D eigenvalue weighted by molar-refractivity contribution is 0.0518. The molecule has 2 aromatic heterocycles. The minimum absolute atomic E-state index is 0.319. The van der Waals surface area contributed by atoms with Gasteiger partial charge in [-0.3, -0.25) is 4.68 Å². The molecule has 1 aliphatic carbocycles. The van der Waals surface area contributed by atoms with Crippen molar-refractivity contribution in [2.45, 2.75) is 58.4 Å². The van der Waals surface area contributed by atoms with Crippen LogP contribution in [0.4, 0.5) is 0 Å². The Kier molecular flexibility index (Phi) is 5.44. The molecule has 2 heterocycles. The van der Waals surface area contributed by atoms with Crippen molar-refractivity contribution < 1.29 is 13.9 Å². The summed E-state index contributed by atoms with van der Waals surface area (Å²) in [5.74, 6) is 1.15. The van der Waals surface area contributed by atoms with Gasteiger partial charge in [-0.15, -0.1) is 0 Å². The average Bonchev–Trinajstić information content (AvgIpc) is 3.27. The average molecular weight is 401 g/mol. The number of aromatic nitrogens is 2. The standard InChI is InChI=1S/C22H25ClN2O3/c1-3-27-22(26)19-9-14(2)25(24-19)13-17-11-18(23)10-16-12-20(28-21(16)17)15-7-5-4-6-8-15/h9-12,15H,3-8,13H2,1-2H3. The Morgan fingerprint density at radius 2 is 2.04 bits per heavy atom. The molecule has 1 fully saturated rings. The van der Waals surface area contributed by atoms with Crippen molar-refractivity contribution in [3.63, 3.8) is 0 Å². The van der Waals surface area contributed by atoms with E-state index in [0.717, 1.165) is 28.0 Å². The van der Waals surface area contributed by atoms with E-state index in [1.54, 1.807) is 17.7 Å². The number of aryl methyl sites for hydroxylation is 1. The first-order valence-corrected chi connectivity index (χ1v) is 10.4. The van der Waals surface area contributed by atoms with Crippen molar-refractivity contribution in [3.05, 3.63) is 52.0 Å². The first kappa shape index (κ1) is 19.1. The number of rotatable bonds is 5. The number of carbonyl (C=O) groups excluding carboxylic acids is 1. The summed E-state index contributed by atoms with van der Waals surface area (Å²) in [6.45, 7) is 4.52. The summed E-state index contributed by atoms with van der Waals surface area (Å²) in [7, 11) is 0. The fraction of sp³-hybridized carbons (Fsp3) is 0.455. The van der Waals surface area contributed by atoms with Gasteiger partial charge in [0.15, 0.2) is 5.69 Å². The van der Waals surface area contributed by atoms with Crippen LogP contribution < -0.4 is 0 Å². The normalized spacial score (nSPS) is 15.2. The zero-order valence-electron chi connectivity index (χ0n) is 16.3. The molecule has 0 bridgehead atoms. The third-order valence-corrected chi connectivity index (χ3v) is 5.69. The monoisotopic (exact) mass is 400 g/mol. The number of halogens is 1. The van der Waals surface area contributed by atoms with Crippen LogP contribution in [0.15, 0.2) is 28.7 Å². The molecule has 0 atom stereocenters. The molecule has 4 rings (SSSR count). The maximum Gasteiger partial charge on any atom is 0.358 e. The van der Waals surface area contributed by atoms with Crippen LogP contribution in [-0.2, 0) is 11.3 Å². The Bertz CT molecular complexity index is 999. The number of benzene rings is 1. The maximum absolute atomic E-state index is 12.0. The van der Waals surface area contributed by atoms with Gasteiger partial charge < -0.3 is 9.15 Å². The molecule has 1 aliphatic rings. The maximum atomic E-state index is 12.0. The molecule has 28 heavy (non-hydrogen) atoms. The number of hydrogen-bond acceptors (Lipinski definition) is 4. The molecule has 0 amide bonds. The lowest BCUT2D eigenvalue weighted by atomic mass is 9.87. The van der Waals surface area contributed by atoms with Crippen molar-refractivity contribution >= 4 is 28.5 Å². The van der Waals surface area contributed by atoms with Crippen molar-refractivity contribution in [1.82, 2.24) is 9.78 Å². The number of furan rings is 1. The number of esters is 1. The van der Waals surface area contributed by atoms with E-state index >= 15 is 0 Å². The fourth-order valence-electron chi connectivity index (χ4n) is 4.05. The Morgan fingerprint density at radius 3 is 2.79 bits per heavy atom. The summed E-state index contributed by atoms with van der Waals surface area (Å²) >= 11 is 6.38. The van der Waals surface area contributed by atoms with Crippen molar-refractivity contribution in [1.29, 1.82) is 0 Å². The van der Waals surface area contributed by atoms with Gasteiger partial charge in [0.1, 0.15) is 11.3 Å². The van der Waals surface area contributed by atoms with E-state index in [4.69, 9.17) is 20.8 Å². The topological polar surface area (TPSA) is 57.3 Å². The Hall–Kier alpha value is -2.27. The van der Waals surface area contributed by atoms with Gasteiger partial charge in [0.25, 0.3) is 0 Å². The van der Waals surface area contributed by atoms with Crippen LogP contribution in [0, 0.1) is 6.92 Å². The number of nitrogens with zero attached hydrogens (tertiary/aromatic N) is 2. The lowest BCUT2D eigenvalue weighted by Gasteiger charge is -2.19. The predicted octanol–water partition coefficient (Wildman–Crippen LogP) is 5.86. The van der Waals surface area contributed by atoms with Crippen molar-refractivity contribution in [2.75, 3.05) is 6.61 Å². The minimum atomic E-state index is -0.404. The highest BCUT2D eigenvalue weighted by molar-refractivity contribution is 6.31. The van der Waals surface area contributed by atoms with Gasteiger partial charge in [-0.1, -0.05) is 30.9 Å². The Labute approximate surface area is 169 Å². The molecule has 3 aromatic rings. The van der Waals surface area contributed by atoms with Crippen LogP contribution >= 0.6 is 11.6 Å². The molecular formula is C22H25ClN2O3. The van der Waals surface area contributed by atoms with E-state index in [9.17, 15) is 4.79 Å². The molecule has 0 unspecified atom stereocenters. The SMILES string of the molecule is CCOC(=O)c1cc(C)n(Cc2cc(Cl)cc3cc(C4CCCCC4)oc23)n1. The molecule has 5 nitrogen and oxygen atoms in total. The van der Waals surface area contributed by atoms with Gasteiger partial charge >= 0.3 is 5.97 Å². The number of ether oxygens (including phenoxy) is 1. The number of hydrogen-bond donors (Lipinski definition) is 0. The minimum Gasteiger partial charge on any atom is -0.461 e. The summed E-state index contributed by atoms with van der Waals surface area (Å²) in [5.41, 5.74) is 3.03. The van der Waals surface area contributed by atoms with E-state index in [-0.39, 0.29) is 0 Å². The molecule has 1 saturated carbocycles. The van der Waals surface area contributed by atoms with E-state index in [1.165, 1.54) is 32.1 Å². The molecule has 0 radical (unpaired) electrons. The van der Waals surface area contributed by atoms with Gasteiger partial charge in [-0.25, -0.2) is 4.79 Å². The van der Waals surface area contributed by atoms with Crippen LogP contribution in [-0.4, -0.2) is 22.4 Å². The van der Waals surface area contributed by atoms with E-state index in [2.05, 4.69) is 11.2 Å². The zero-order valence-corrected chi connectivity index (χ0v) is 17.1. The van der Waals surface area contributed by atoms with Gasteiger partial charge in [0, 0.05) is 27.6 Å². The van der Waals surface area contributed by atoms with Gasteiger partial charge in [-0.2, -0.15) is 5.10 Å². The van der Waals surface area contributed by atoms with Crippen LogP contribution in [0.5, 0.6) is 0 Å². The summed E-state index contributed by atoms with van der Waals surface area (Å²) in [4.78, 5) is 12.0. The van der Waals surface area contributed by atoms with Crippen LogP contribution in [0.1, 0.15) is 72.5 Å². The van der Waals surface area contributed by atoms with Gasteiger partial charge in [0.05, 0.1) is 13.2 Å². The second-order valence-corrected chi connectivity index (χ2v) is 7.95. The predicted molar refractivity (Wildman–Crippen MR) is 109 cm³/mol. The van der Waals surface area contributed by atoms with E-state index in [1.807, 2.05) is 19.1 Å². The third kappa shape index (κ3) is 3.81. The molecule has 0 N–H and O–H groups in total. The van der Waals surface area contributed by atoms with Crippen LogP contribution in [0.25, 0.3) is 11.0 Å². The highest BCUT2D eigenvalue weighted by atomic mass is 35.5. The van der Waals surface area contributed by atoms with Crippen LogP contribution in [0.3, 0.4) is 0 Å². The highest BCUT2D eigenvalue weighted by Crippen LogP contribution is 2.37. The molecule has 0 saturated heterocycles. The molecule has 1 aromatic carbocycles. The first-order valence-electron chi connectivity index (χ1n) is 9.98. The van der Waals surface area contributed by atoms with Gasteiger partial charge in [0.2, 0.25) is 0 Å². The number of fused-ring (bicyclic) bond motifs is 1. The zero-order chi connectivity index (χ0) is 19.7. The molecule has 148 valence electrons. The van der Waals surface area contributed by atoms with Crippen molar-refractivity contribution in [2.24, 2.45) is 0 Å². The van der Waals surface area contributed by atoms with E-state index in [0.29, 0.717) is 29.8 Å². The molecule has 0 aliphatic heterocycles. The van der Waals surface area contributed by atoms with Crippen LogP contribution in [0.2, 0.25) is 5.02 Å². The van der Waals surface area contributed by atoms with E-state index < -0.39 is 5.97 Å². The smallest absolute Gasteiger partial charge is 0.358 e. The van der Waals surface area contributed by atoms with Crippen molar-refractivity contribution in [3.8, 4) is 0 Å². The number of carbonyl (C=O) groups is 1. The Balaban J connectivity index is 1.66. The largest absolute Gasteiger partial charge is 0.461 e. The summed E-state index contributed by atoms with van der Waals surface area (Å²) in [6.07, 6.45) is 6.21. The summed E-state index contributed by atoms with van der Waals surface area (Å²) < 4.78 is 13.2. The summed E-state index contributed by atoms with van der Waals surface area (Å²) in [5, 5.41) is 6.12. The first-order chi connectivity index (χ1) is 13.5. The highest BCUT2D eigenvalue weighted by Gasteiger charge is 2.21. The lowest BCUT2D eigenvalue weighted by Crippen LogP contribution is -2.08. The summed E-state index contributed by atoms with van der Waals surface area (Å²) in [6, 6.07) is 7.76. The molecule has 0 spiro atoms. The Morgan fingerprint density at radius 1 is 1.25 bits per heavy atom. The third-order valence-electron chi connectivity index (χ3n) is 5.47. The second kappa shape index (κ2) is 8.00.